The fourth-order valence-corrected chi connectivity index (χ4v) is 5.55. The van der Waals surface area contributed by atoms with Gasteiger partial charge >= 0.3 is 19.8 Å². The molecular formula is C39H69O10P. The van der Waals surface area contributed by atoms with Crippen LogP contribution in [0.15, 0.2) is 48.6 Å². The third kappa shape index (κ3) is 34.4. The molecule has 0 saturated heterocycles. The molecule has 0 rings (SSSR count). The summed E-state index contributed by atoms with van der Waals surface area (Å²) in [7, 11) is -4.62. The van der Waals surface area contributed by atoms with Gasteiger partial charge in [0, 0.05) is 12.8 Å². The topological polar surface area (TPSA) is 149 Å². The second kappa shape index (κ2) is 35.3. The first-order valence-electron chi connectivity index (χ1n) is 19.1. The number of rotatable bonds is 35. The number of hydrogen-bond donors (Lipinski definition) is 3. The summed E-state index contributed by atoms with van der Waals surface area (Å²) in [6.45, 7) is 2.19. The molecule has 0 aliphatic rings. The molecule has 290 valence electrons. The number of allylic oxidation sites excluding steroid dienone is 8. The molecule has 0 aliphatic heterocycles. The zero-order valence-corrected chi connectivity index (χ0v) is 32.0. The first kappa shape index (κ1) is 47.9. The van der Waals surface area contributed by atoms with Crippen LogP contribution in [-0.4, -0.2) is 65.7 Å². The average Bonchev–Trinajstić information content (AvgIpc) is 3.10. The van der Waals surface area contributed by atoms with E-state index in [4.69, 9.17) is 19.1 Å². The van der Waals surface area contributed by atoms with Gasteiger partial charge in [-0.05, 0) is 70.6 Å². The van der Waals surface area contributed by atoms with Crippen LogP contribution in [0.4, 0.5) is 0 Å². The zero-order valence-electron chi connectivity index (χ0n) is 31.1. The molecule has 0 bridgehead atoms. The van der Waals surface area contributed by atoms with Crippen molar-refractivity contribution >= 4 is 19.8 Å². The lowest BCUT2D eigenvalue weighted by atomic mass is 10.1. The number of phosphoric acid groups is 1. The van der Waals surface area contributed by atoms with Gasteiger partial charge in [0.05, 0.1) is 19.8 Å². The lowest BCUT2D eigenvalue weighted by molar-refractivity contribution is -0.161. The van der Waals surface area contributed by atoms with Gasteiger partial charge in [0.1, 0.15) is 12.7 Å². The number of carbonyl (C=O) groups is 2. The summed E-state index contributed by atoms with van der Waals surface area (Å²) in [5, 5.41) is 18.3. The normalized spacial score (nSPS) is 14.6. The zero-order chi connectivity index (χ0) is 37.0. The quantitative estimate of drug-likeness (QED) is 0.0249. The summed E-state index contributed by atoms with van der Waals surface area (Å²) in [5.74, 6) is -0.960. The Morgan fingerprint density at radius 3 is 1.68 bits per heavy atom. The van der Waals surface area contributed by atoms with Gasteiger partial charge in [0.25, 0.3) is 0 Å². The number of ether oxygens (including phenoxy) is 2. The van der Waals surface area contributed by atoms with Crippen LogP contribution in [0.3, 0.4) is 0 Å². The molecule has 11 heteroatoms. The van der Waals surface area contributed by atoms with Crippen LogP contribution < -0.4 is 0 Å². The predicted molar refractivity (Wildman–Crippen MR) is 201 cm³/mol. The molecule has 0 aliphatic carbocycles. The summed E-state index contributed by atoms with van der Waals surface area (Å²) < 4.78 is 32.5. The number of aliphatic hydroxyl groups is 2. The van der Waals surface area contributed by atoms with Crippen LogP contribution in [0.1, 0.15) is 149 Å². The van der Waals surface area contributed by atoms with E-state index in [1.807, 2.05) is 0 Å². The van der Waals surface area contributed by atoms with Gasteiger partial charge in [-0.15, -0.1) is 0 Å². The first-order valence-corrected chi connectivity index (χ1v) is 20.6. The van der Waals surface area contributed by atoms with E-state index >= 15 is 0 Å². The maximum atomic E-state index is 12.5. The number of carbonyl (C=O) groups excluding carboxylic acids is 2. The fourth-order valence-electron chi connectivity index (χ4n) is 4.76. The van der Waals surface area contributed by atoms with Gasteiger partial charge in [0.2, 0.25) is 0 Å². The molecule has 3 atom stereocenters. The highest BCUT2D eigenvalue weighted by Gasteiger charge is 2.27. The number of unbranched alkanes of at least 4 members (excludes halogenated alkanes) is 13. The second-order valence-electron chi connectivity index (χ2n) is 12.6. The molecule has 0 fully saturated rings. The van der Waals surface area contributed by atoms with Crippen LogP contribution >= 0.6 is 7.82 Å². The SMILES string of the molecule is CC/C=C/C/C=C/C/C=C/CCCCCCCC(=O)O[C@H](COC(=O)CCCCCCC/C=C/CCCCC)COP(=O)(O)OC[C@@H](O)CO. The third-order valence-electron chi connectivity index (χ3n) is 7.72. The lowest BCUT2D eigenvalue weighted by Crippen LogP contribution is -2.29. The van der Waals surface area contributed by atoms with Crippen molar-refractivity contribution in [2.75, 3.05) is 26.4 Å². The number of aliphatic hydroxyl groups excluding tert-OH is 2. The van der Waals surface area contributed by atoms with Gasteiger partial charge in [-0.25, -0.2) is 4.57 Å². The van der Waals surface area contributed by atoms with Crippen LogP contribution in [0.25, 0.3) is 0 Å². The largest absolute Gasteiger partial charge is 0.472 e. The van der Waals surface area contributed by atoms with Crippen molar-refractivity contribution in [1.29, 1.82) is 0 Å². The highest BCUT2D eigenvalue weighted by molar-refractivity contribution is 7.47. The first-order chi connectivity index (χ1) is 24.2. The minimum atomic E-state index is -4.62. The van der Waals surface area contributed by atoms with Crippen LogP contribution in [0.2, 0.25) is 0 Å². The minimum absolute atomic E-state index is 0.161. The molecule has 1 unspecified atom stereocenters. The highest BCUT2D eigenvalue weighted by atomic mass is 31.2. The van der Waals surface area contributed by atoms with Crippen molar-refractivity contribution in [2.45, 2.75) is 161 Å². The minimum Gasteiger partial charge on any atom is -0.462 e. The standard InChI is InChI=1S/C39H69O10P/c1-3-5-7-9-11-13-15-17-18-19-21-23-25-27-29-31-39(43)49-37(35-48-50(44,45)47-33-36(41)32-40)34-46-38(42)30-28-26-24-22-20-16-14-12-10-8-6-4-2/h5,7,11-14,17-18,36-37,40-41H,3-4,6,8-10,15-16,19-35H2,1-2H3,(H,44,45)/b7-5+,13-11+,14-12+,18-17+/t36-,37+/m0/s1. The Labute approximate surface area is 303 Å². The monoisotopic (exact) mass is 728 g/mol. The number of esters is 2. The molecule has 0 spiro atoms. The Kier molecular flexibility index (Phi) is 33.9. The molecule has 10 nitrogen and oxygen atoms in total. The maximum absolute atomic E-state index is 12.5. The van der Waals surface area contributed by atoms with Gasteiger partial charge in [0.15, 0.2) is 6.10 Å². The third-order valence-corrected chi connectivity index (χ3v) is 8.67. The molecule has 50 heavy (non-hydrogen) atoms. The smallest absolute Gasteiger partial charge is 0.462 e. The van der Waals surface area contributed by atoms with Gasteiger partial charge in [-0.1, -0.05) is 114 Å². The number of hydrogen-bond acceptors (Lipinski definition) is 9. The Hall–Kier alpha value is -2.07. The van der Waals surface area contributed by atoms with Gasteiger partial charge < -0.3 is 24.6 Å². The van der Waals surface area contributed by atoms with Crippen molar-refractivity contribution in [3.63, 3.8) is 0 Å². The molecule has 3 N–H and O–H groups in total. The average molecular weight is 729 g/mol. The van der Waals surface area contributed by atoms with Gasteiger partial charge in [-0.3, -0.25) is 18.6 Å². The molecule has 0 aromatic rings. The molecule has 0 aromatic carbocycles. The molecule has 0 aromatic heterocycles. The Morgan fingerprint density at radius 2 is 1.10 bits per heavy atom. The summed E-state index contributed by atoms with van der Waals surface area (Å²) in [4.78, 5) is 34.8. The van der Waals surface area contributed by atoms with E-state index in [1.54, 1.807) is 0 Å². The summed E-state index contributed by atoms with van der Waals surface area (Å²) >= 11 is 0. The van der Waals surface area contributed by atoms with Crippen molar-refractivity contribution in [3.05, 3.63) is 48.6 Å². The van der Waals surface area contributed by atoms with Crippen molar-refractivity contribution in [1.82, 2.24) is 0 Å². The van der Waals surface area contributed by atoms with E-state index in [2.05, 4.69) is 67.0 Å². The molecule has 0 saturated carbocycles. The summed E-state index contributed by atoms with van der Waals surface area (Å²) in [5.41, 5.74) is 0. The van der Waals surface area contributed by atoms with Crippen molar-refractivity contribution < 1.29 is 47.8 Å². The molecule has 0 amide bonds. The van der Waals surface area contributed by atoms with Crippen molar-refractivity contribution in [3.8, 4) is 0 Å². The van der Waals surface area contributed by atoms with E-state index in [1.165, 1.54) is 19.3 Å². The second-order valence-corrected chi connectivity index (χ2v) is 14.0. The Bertz CT molecular complexity index is 978. The molecule has 0 heterocycles. The van der Waals surface area contributed by atoms with Gasteiger partial charge in [-0.2, -0.15) is 0 Å². The fraction of sp³-hybridized carbons (Fsp3) is 0.744. The van der Waals surface area contributed by atoms with E-state index in [9.17, 15) is 24.2 Å². The summed E-state index contributed by atoms with van der Waals surface area (Å²) in [6, 6.07) is 0. The van der Waals surface area contributed by atoms with Crippen LogP contribution in [0, 0.1) is 0 Å². The molecular weight excluding hydrogens is 659 g/mol. The van der Waals surface area contributed by atoms with E-state index in [0.29, 0.717) is 12.8 Å². The number of phosphoric ester groups is 1. The predicted octanol–water partition coefficient (Wildman–Crippen LogP) is 9.38. The van der Waals surface area contributed by atoms with E-state index in [-0.39, 0.29) is 19.4 Å². The molecule has 0 radical (unpaired) electrons. The van der Waals surface area contributed by atoms with E-state index < -0.39 is 51.8 Å². The van der Waals surface area contributed by atoms with E-state index in [0.717, 1.165) is 89.9 Å². The Morgan fingerprint density at radius 1 is 0.620 bits per heavy atom. The van der Waals surface area contributed by atoms with Crippen LogP contribution in [0.5, 0.6) is 0 Å². The van der Waals surface area contributed by atoms with Crippen molar-refractivity contribution in [2.24, 2.45) is 0 Å². The maximum Gasteiger partial charge on any atom is 0.472 e. The Balaban J connectivity index is 4.42. The highest BCUT2D eigenvalue weighted by Crippen LogP contribution is 2.43. The summed E-state index contributed by atoms with van der Waals surface area (Å²) in [6.07, 6.45) is 35.1. The lowest BCUT2D eigenvalue weighted by Gasteiger charge is -2.20. The van der Waals surface area contributed by atoms with Crippen LogP contribution in [-0.2, 0) is 32.7 Å².